The summed E-state index contributed by atoms with van der Waals surface area (Å²) >= 11 is 0. The summed E-state index contributed by atoms with van der Waals surface area (Å²) in [5.41, 5.74) is 1.14. The van der Waals surface area contributed by atoms with Crippen molar-refractivity contribution in [2.75, 3.05) is 56.3 Å². The minimum atomic E-state index is -0.710. The zero-order valence-electron chi connectivity index (χ0n) is 21.5. The molecule has 1 N–H and O–H groups in total. The van der Waals surface area contributed by atoms with E-state index in [0.717, 1.165) is 12.5 Å². The molecule has 1 unspecified atom stereocenters. The Labute approximate surface area is 219 Å². The van der Waals surface area contributed by atoms with Crippen LogP contribution < -0.4 is 15.2 Å². The molecule has 0 radical (unpaired) electrons. The average molecular weight is 528 g/mol. The summed E-state index contributed by atoms with van der Waals surface area (Å²) in [4.78, 5) is 32.1. The van der Waals surface area contributed by atoms with Gasteiger partial charge in [-0.05, 0) is 44.0 Å². The van der Waals surface area contributed by atoms with Gasteiger partial charge in [0.15, 0.2) is 11.3 Å². The predicted molar refractivity (Wildman–Crippen MR) is 140 cm³/mol. The van der Waals surface area contributed by atoms with Gasteiger partial charge in [-0.15, -0.1) is 0 Å². The summed E-state index contributed by atoms with van der Waals surface area (Å²) in [6.07, 6.45) is 1.49. The Morgan fingerprint density at radius 1 is 1.11 bits per heavy atom. The van der Waals surface area contributed by atoms with Gasteiger partial charge in [0.2, 0.25) is 0 Å². The molecule has 38 heavy (non-hydrogen) atoms. The zero-order valence-corrected chi connectivity index (χ0v) is 21.5. The van der Waals surface area contributed by atoms with E-state index in [1.165, 1.54) is 24.3 Å². The Balaban J connectivity index is 1.65. The van der Waals surface area contributed by atoms with E-state index in [9.17, 15) is 23.5 Å². The molecular formula is C28H31F2N3O5. The summed E-state index contributed by atoms with van der Waals surface area (Å²) in [6, 6.07) is 7.09. The number of carbonyl (C=O) groups is 1. The predicted octanol–water partition coefficient (Wildman–Crippen LogP) is 3.70. The molecule has 8 nitrogen and oxygen atoms in total. The van der Waals surface area contributed by atoms with Crippen LogP contribution in [-0.2, 0) is 4.74 Å². The van der Waals surface area contributed by atoms with Crippen LogP contribution in [0.3, 0.4) is 0 Å². The van der Waals surface area contributed by atoms with Crippen molar-refractivity contribution in [1.82, 2.24) is 4.90 Å². The van der Waals surface area contributed by atoms with Crippen molar-refractivity contribution in [3.63, 3.8) is 0 Å². The number of likely N-dealkylation sites (tertiary alicyclic amines) is 1. The maximum absolute atomic E-state index is 14.0. The van der Waals surface area contributed by atoms with Crippen molar-refractivity contribution in [3.8, 4) is 0 Å². The minimum absolute atomic E-state index is 0.137. The lowest BCUT2D eigenvalue weighted by Crippen LogP contribution is -2.38. The SMILES string of the molecule is CC(c1cc(C(=O)N2CCC[C@@H]2CO)cc2c(=O)cc(N3CCOCC3)oc12)N(C)c1cc(F)cc(F)c1. The van der Waals surface area contributed by atoms with E-state index < -0.39 is 17.7 Å². The van der Waals surface area contributed by atoms with Crippen molar-refractivity contribution < 1.29 is 27.8 Å². The van der Waals surface area contributed by atoms with Gasteiger partial charge >= 0.3 is 0 Å². The van der Waals surface area contributed by atoms with Crippen LogP contribution in [0.25, 0.3) is 11.0 Å². The number of hydrogen-bond donors (Lipinski definition) is 1. The van der Waals surface area contributed by atoms with E-state index in [2.05, 4.69) is 0 Å². The first kappa shape index (κ1) is 26.1. The smallest absolute Gasteiger partial charge is 0.254 e. The molecule has 0 aliphatic carbocycles. The Morgan fingerprint density at radius 2 is 1.82 bits per heavy atom. The van der Waals surface area contributed by atoms with Crippen LogP contribution >= 0.6 is 0 Å². The first-order valence-corrected chi connectivity index (χ1v) is 12.8. The second kappa shape index (κ2) is 10.7. The lowest BCUT2D eigenvalue weighted by atomic mass is 9.98. The van der Waals surface area contributed by atoms with Crippen LogP contribution in [0.15, 0.2) is 45.6 Å². The second-order valence-electron chi connectivity index (χ2n) is 9.88. The number of carbonyl (C=O) groups excluding carboxylic acids is 1. The van der Waals surface area contributed by atoms with E-state index in [1.54, 1.807) is 22.9 Å². The number of halogens is 2. The van der Waals surface area contributed by atoms with Crippen LogP contribution in [0, 0.1) is 11.6 Å². The Morgan fingerprint density at radius 3 is 2.50 bits per heavy atom. The molecule has 10 heteroatoms. The Bertz CT molecular complexity index is 1380. The zero-order chi connectivity index (χ0) is 27.0. The van der Waals surface area contributed by atoms with Gasteiger partial charge in [-0.2, -0.15) is 0 Å². The maximum atomic E-state index is 14.0. The van der Waals surface area contributed by atoms with E-state index in [-0.39, 0.29) is 29.4 Å². The highest BCUT2D eigenvalue weighted by Crippen LogP contribution is 2.34. The van der Waals surface area contributed by atoms with Crippen molar-refractivity contribution in [2.45, 2.75) is 31.8 Å². The van der Waals surface area contributed by atoms with Gasteiger partial charge in [-0.25, -0.2) is 8.78 Å². The van der Waals surface area contributed by atoms with E-state index >= 15 is 0 Å². The first-order valence-electron chi connectivity index (χ1n) is 12.8. The highest BCUT2D eigenvalue weighted by Gasteiger charge is 2.31. The number of hydrogen-bond acceptors (Lipinski definition) is 7. The lowest BCUT2D eigenvalue weighted by Gasteiger charge is -2.30. The number of fused-ring (bicyclic) bond motifs is 1. The Hall–Kier alpha value is -3.50. The molecule has 202 valence electrons. The van der Waals surface area contributed by atoms with Crippen molar-refractivity contribution in [1.29, 1.82) is 0 Å². The molecule has 1 amide bonds. The van der Waals surface area contributed by atoms with E-state index in [1.807, 2.05) is 11.8 Å². The van der Waals surface area contributed by atoms with Gasteiger partial charge in [0, 0.05) is 55.6 Å². The second-order valence-corrected chi connectivity index (χ2v) is 9.88. The molecule has 3 heterocycles. The number of rotatable bonds is 6. The fraction of sp³-hybridized carbons (Fsp3) is 0.429. The van der Waals surface area contributed by atoms with Crippen LogP contribution in [0.1, 0.15) is 41.7 Å². The summed E-state index contributed by atoms with van der Waals surface area (Å²) in [6.45, 7) is 4.34. The van der Waals surface area contributed by atoms with Gasteiger partial charge in [-0.1, -0.05) is 0 Å². The normalized spacial score (nSPS) is 18.7. The number of aliphatic hydroxyl groups excluding tert-OH is 1. The number of ether oxygens (including phenoxy) is 1. The fourth-order valence-corrected chi connectivity index (χ4v) is 5.28. The molecule has 2 atom stereocenters. The van der Waals surface area contributed by atoms with Crippen LogP contribution in [0.2, 0.25) is 0 Å². The number of nitrogens with zero attached hydrogens (tertiary/aromatic N) is 3. The summed E-state index contributed by atoms with van der Waals surface area (Å²) < 4.78 is 39.8. The third-order valence-corrected chi connectivity index (χ3v) is 7.55. The third kappa shape index (κ3) is 4.98. The number of benzene rings is 2. The summed E-state index contributed by atoms with van der Waals surface area (Å²) in [5, 5.41) is 9.99. The summed E-state index contributed by atoms with van der Waals surface area (Å²) in [7, 11) is 1.69. The molecule has 3 aromatic rings. The molecule has 2 aliphatic heterocycles. The molecule has 1 aromatic heterocycles. The monoisotopic (exact) mass is 527 g/mol. The molecule has 0 spiro atoms. The molecule has 5 rings (SSSR count). The van der Waals surface area contributed by atoms with E-state index in [0.29, 0.717) is 67.6 Å². The van der Waals surface area contributed by atoms with Crippen molar-refractivity contribution >= 4 is 28.4 Å². The standard InChI is InChI=1S/C28H31F2N3O5/c1-17(31(2)22-13-19(29)12-20(30)14-22)23-10-18(28(36)33-5-3-4-21(33)16-34)11-24-25(35)15-26(38-27(23)24)32-6-8-37-9-7-32/h10-15,17,21,34H,3-9,16H2,1-2H3/t17?,21-/m1/s1. The minimum Gasteiger partial charge on any atom is -0.440 e. The molecular weight excluding hydrogens is 496 g/mol. The van der Waals surface area contributed by atoms with Crippen molar-refractivity contribution in [3.05, 3.63) is 69.4 Å². The number of anilines is 2. The Kier molecular flexibility index (Phi) is 7.36. The van der Waals surface area contributed by atoms with Gasteiger partial charge in [0.05, 0.1) is 37.3 Å². The third-order valence-electron chi connectivity index (χ3n) is 7.55. The molecule has 2 aromatic carbocycles. The molecule has 2 fully saturated rings. The van der Waals surface area contributed by atoms with Crippen molar-refractivity contribution in [2.24, 2.45) is 0 Å². The van der Waals surface area contributed by atoms with Crippen LogP contribution in [-0.4, -0.2) is 68.5 Å². The fourth-order valence-electron chi connectivity index (χ4n) is 5.28. The van der Waals surface area contributed by atoms with Gasteiger partial charge in [0.25, 0.3) is 5.91 Å². The largest absolute Gasteiger partial charge is 0.440 e. The lowest BCUT2D eigenvalue weighted by molar-refractivity contribution is 0.0677. The van der Waals surface area contributed by atoms with Gasteiger partial charge in [-0.3, -0.25) is 9.59 Å². The van der Waals surface area contributed by atoms with Crippen LogP contribution in [0.5, 0.6) is 0 Å². The quantitative estimate of drug-likeness (QED) is 0.523. The molecule has 2 saturated heterocycles. The number of morpholine rings is 1. The molecule has 0 bridgehead atoms. The maximum Gasteiger partial charge on any atom is 0.254 e. The van der Waals surface area contributed by atoms with Crippen LogP contribution in [0.4, 0.5) is 20.4 Å². The highest BCUT2D eigenvalue weighted by atomic mass is 19.1. The number of aliphatic hydroxyl groups is 1. The van der Waals surface area contributed by atoms with Gasteiger partial charge in [0.1, 0.15) is 17.2 Å². The number of amides is 1. The highest BCUT2D eigenvalue weighted by molar-refractivity contribution is 5.99. The first-order chi connectivity index (χ1) is 18.3. The van der Waals surface area contributed by atoms with Gasteiger partial charge < -0.3 is 29.0 Å². The van der Waals surface area contributed by atoms with E-state index in [4.69, 9.17) is 9.15 Å². The molecule has 0 saturated carbocycles. The topological polar surface area (TPSA) is 86.5 Å². The summed E-state index contributed by atoms with van der Waals surface area (Å²) in [5.74, 6) is -1.30. The average Bonchev–Trinajstić information content (AvgIpc) is 3.40. The molecule has 2 aliphatic rings.